The first-order chi connectivity index (χ1) is 8.54. The van der Waals surface area contributed by atoms with Crippen LogP contribution in [0.5, 0.6) is 0 Å². The van der Waals surface area contributed by atoms with Crippen LogP contribution in [-0.4, -0.2) is 25.0 Å². The lowest BCUT2D eigenvalue weighted by Crippen LogP contribution is -2.32. The van der Waals surface area contributed by atoms with Gasteiger partial charge < -0.3 is 15.8 Å². The maximum atomic E-state index is 11.8. The molecule has 0 aliphatic heterocycles. The summed E-state index contributed by atoms with van der Waals surface area (Å²) in [6, 6.07) is 6.67. The Morgan fingerprint density at radius 3 is 2.78 bits per heavy atom. The zero-order chi connectivity index (χ0) is 13.5. The summed E-state index contributed by atoms with van der Waals surface area (Å²) in [6.07, 6.45) is 0. The third-order valence-electron chi connectivity index (χ3n) is 2.41. The molecule has 0 aliphatic rings. The van der Waals surface area contributed by atoms with E-state index < -0.39 is 0 Å². The second-order valence-electron chi connectivity index (χ2n) is 3.99. The molecule has 1 aromatic rings. The molecule has 0 bridgehead atoms. The molecular formula is C13H18N2O3. The molecule has 0 heterocycles. The van der Waals surface area contributed by atoms with Crippen LogP contribution in [0, 0.1) is 5.92 Å². The number of esters is 1. The lowest BCUT2D eigenvalue weighted by molar-refractivity contribution is -0.147. The quantitative estimate of drug-likeness (QED) is 0.607. The molecule has 0 aliphatic carbocycles. The highest BCUT2D eigenvalue weighted by Gasteiger charge is 2.15. The molecule has 0 aromatic heterocycles. The van der Waals surface area contributed by atoms with Gasteiger partial charge in [0.2, 0.25) is 0 Å². The lowest BCUT2D eigenvalue weighted by atomic mass is 10.1. The maximum absolute atomic E-state index is 11.8. The van der Waals surface area contributed by atoms with Crippen molar-refractivity contribution in [3.8, 4) is 0 Å². The number of carbonyl (C=O) groups excluding carboxylic acids is 2. The lowest BCUT2D eigenvalue weighted by Gasteiger charge is -2.11. The van der Waals surface area contributed by atoms with Gasteiger partial charge in [0.25, 0.3) is 5.91 Å². The van der Waals surface area contributed by atoms with Gasteiger partial charge in [0.05, 0.1) is 12.5 Å². The average Bonchev–Trinajstić information content (AvgIpc) is 2.35. The Morgan fingerprint density at radius 1 is 1.44 bits per heavy atom. The molecule has 1 atom stereocenters. The van der Waals surface area contributed by atoms with Gasteiger partial charge in [0.15, 0.2) is 0 Å². The molecule has 5 heteroatoms. The van der Waals surface area contributed by atoms with Gasteiger partial charge >= 0.3 is 5.97 Å². The SMILES string of the molecule is CCOC(=O)C(C)CNC(=O)c1cccc(N)c1. The minimum atomic E-state index is -0.366. The first-order valence-electron chi connectivity index (χ1n) is 5.85. The van der Waals surface area contributed by atoms with Gasteiger partial charge in [0, 0.05) is 17.8 Å². The van der Waals surface area contributed by atoms with E-state index >= 15 is 0 Å². The van der Waals surface area contributed by atoms with Gasteiger partial charge in [-0.1, -0.05) is 13.0 Å². The number of rotatable bonds is 5. The standard InChI is InChI=1S/C13H18N2O3/c1-3-18-13(17)9(2)8-15-12(16)10-5-4-6-11(14)7-10/h4-7,9H,3,8,14H2,1-2H3,(H,15,16). The first kappa shape index (κ1) is 14.0. The summed E-state index contributed by atoms with van der Waals surface area (Å²) in [4.78, 5) is 23.1. The van der Waals surface area contributed by atoms with Gasteiger partial charge in [0.1, 0.15) is 0 Å². The van der Waals surface area contributed by atoms with Crippen LogP contribution in [0.15, 0.2) is 24.3 Å². The van der Waals surface area contributed by atoms with Crippen LogP contribution in [0.4, 0.5) is 5.69 Å². The number of anilines is 1. The fourth-order valence-electron chi connectivity index (χ4n) is 1.40. The third kappa shape index (κ3) is 4.08. The van der Waals surface area contributed by atoms with Crippen molar-refractivity contribution in [2.45, 2.75) is 13.8 Å². The smallest absolute Gasteiger partial charge is 0.310 e. The fourth-order valence-corrected chi connectivity index (χ4v) is 1.40. The number of nitrogen functional groups attached to an aromatic ring is 1. The topological polar surface area (TPSA) is 81.4 Å². The third-order valence-corrected chi connectivity index (χ3v) is 2.41. The molecule has 1 unspecified atom stereocenters. The summed E-state index contributed by atoms with van der Waals surface area (Å²) in [5.41, 5.74) is 6.59. The van der Waals surface area contributed by atoms with E-state index in [1.807, 2.05) is 0 Å². The van der Waals surface area contributed by atoms with Crippen molar-refractivity contribution in [1.29, 1.82) is 0 Å². The number of carbonyl (C=O) groups is 2. The van der Waals surface area contributed by atoms with Crippen LogP contribution in [0.2, 0.25) is 0 Å². The Labute approximate surface area is 106 Å². The number of ether oxygens (including phenoxy) is 1. The van der Waals surface area contributed by atoms with E-state index in [9.17, 15) is 9.59 Å². The summed E-state index contributed by atoms with van der Waals surface area (Å²) in [6.45, 7) is 4.03. The Hall–Kier alpha value is -2.04. The second kappa shape index (κ2) is 6.64. The van der Waals surface area contributed by atoms with Crippen LogP contribution in [0.25, 0.3) is 0 Å². The van der Waals surface area contributed by atoms with Crippen molar-refractivity contribution in [3.05, 3.63) is 29.8 Å². The molecule has 0 spiro atoms. The van der Waals surface area contributed by atoms with E-state index in [4.69, 9.17) is 10.5 Å². The minimum absolute atomic E-state index is 0.243. The minimum Gasteiger partial charge on any atom is -0.466 e. The van der Waals surface area contributed by atoms with Crippen molar-refractivity contribution < 1.29 is 14.3 Å². The zero-order valence-corrected chi connectivity index (χ0v) is 10.6. The van der Waals surface area contributed by atoms with Crippen LogP contribution in [0.3, 0.4) is 0 Å². The Balaban J connectivity index is 2.49. The number of amides is 1. The van der Waals surface area contributed by atoms with Crippen molar-refractivity contribution in [1.82, 2.24) is 5.32 Å². The van der Waals surface area contributed by atoms with Crippen molar-refractivity contribution in [3.63, 3.8) is 0 Å². The Morgan fingerprint density at radius 2 is 2.17 bits per heavy atom. The summed E-state index contributed by atoms with van der Waals surface area (Å²) < 4.78 is 4.85. The van der Waals surface area contributed by atoms with Crippen LogP contribution < -0.4 is 11.1 Å². The monoisotopic (exact) mass is 250 g/mol. The van der Waals surface area contributed by atoms with Crippen molar-refractivity contribution >= 4 is 17.6 Å². The summed E-state index contributed by atoms with van der Waals surface area (Å²) in [5.74, 6) is -0.932. The fraction of sp³-hybridized carbons (Fsp3) is 0.385. The molecule has 0 saturated carbocycles. The summed E-state index contributed by atoms with van der Waals surface area (Å²) in [5, 5.41) is 2.67. The zero-order valence-electron chi connectivity index (χ0n) is 10.6. The predicted molar refractivity (Wildman–Crippen MR) is 69.0 cm³/mol. The normalized spacial score (nSPS) is 11.7. The molecular weight excluding hydrogens is 232 g/mol. The molecule has 98 valence electrons. The van der Waals surface area contributed by atoms with Crippen LogP contribution in [-0.2, 0) is 9.53 Å². The number of hydrogen-bond donors (Lipinski definition) is 2. The molecule has 1 aromatic carbocycles. The van der Waals surface area contributed by atoms with Crippen LogP contribution in [0.1, 0.15) is 24.2 Å². The largest absolute Gasteiger partial charge is 0.466 e. The van der Waals surface area contributed by atoms with E-state index in [0.29, 0.717) is 17.9 Å². The van der Waals surface area contributed by atoms with Crippen molar-refractivity contribution in [2.75, 3.05) is 18.9 Å². The predicted octanol–water partition coefficient (Wildman–Crippen LogP) is 1.20. The first-order valence-corrected chi connectivity index (χ1v) is 5.85. The highest BCUT2D eigenvalue weighted by atomic mass is 16.5. The van der Waals surface area contributed by atoms with E-state index in [1.165, 1.54) is 0 Å². The average molecular weight is 250 g/mol. The summed E-state index contributed by atoms with van der Waals surface area (Å²) in [7, 11) is 0. The summed E-state index contributed by atoms with van der Waals surface area (Å²) >= 11 is 0. The molecule has 1 amide bonds. The Bertz CT molecular complexity index is 432. The molecule has 1 rings (SSSR count). The molecule has 3 N–H and O–H groups in total. The Kier molecular flexibility index (Phi) is 5.17. The highest BCUT2D eigenvalue weighted by molar-refractivity contribution is 5.95. The number of hydrogen-bond acceptors (Lipinski definition) is 4. The van der Waals surface area contributed by atoms with Gasteiger partial charge in [-0.05, 0) is 25.1 Å². The van der Waals surface area contributed by atoms with Gasteiger partial charge in [-0.2, -0.15) is 0 Å². The number of nitrogens with two attached hydrogens (primary N) is 1. The highest BCUT2D eigenvalue weighted by Crippen LogP contribution is 2.06. The van der Waals surface area contributed by atoms with E-state index in [1.54, 1.807) is 38.1 Å². The van der Waals surface area contributed by atoms with Gasteiger partial charge in [-0.3, -0.25) is 9.59 Å². The van der Waals surface area contributed by atoms with Crippen molar-refractivity contribution in [2.24, 2.45) is 5.92 Å². The number of benzene rings is 1. The van der Waals surface area contributed by atoms with Gasteiger partial charge in [-0.15, -0.1) is 0 Å². The number of nitrogens with one attached hydrogen (secondary N) is 1. The molecule has 5 nitrogen and oxygen atoms in total. The van der Waals surface area contributed by atoms with Gasteiger partial charge in [-0.25, -0.2) is 0 Å². The molecule has 0 radical (unpaired) electrons. The maximum Gasteiger partial charge on any atom is 0.310 e. The van der Waals surface area contributed by atoms with E-state index in [-0.39, 0.29) is 24.3 Å². The van der Waals surface area contributed by atoms with E-state index in [0.717, 1.165) is 0 Å². The molecule has 18 heavy (non-hydrogen) atoms. The van der Waals surface area contributed by atoms with Crippen LogP contribution >= 0.6 is 0 Å². The molecule has 0 saturated heterocycles. The van der Waals surface area contributed by atoms with E-state index in [2.05, 4.69) is 5.32 Å². The molecule has 0 fully saturated rings. The second-order valence-corrected chi connectivity index (χ2v) is 3.99.